The number of nitrogens with one attached hydrogen (secondary N) is 1. The zero-order valence-corrected chi connectivity index (χ0v) is 12.4. The largest absolute Gasteiger partial charge is 0.352 e. The van der Waals surface area contributed by atoms with Crippen molar-refractivity contribution >= 4 is 11.7 Å². The highest BCUT2D eigenvalue weighted by Crippen LogP contribution is 2.05. The summed E-state index contributed by atoms with van der Waals surface area (Å²) in [6.07, 6.45) is 3.24. The molecular formula is C17H23NO2. The fraction of sp³-hybridized carbons (Fsp3) is 0.412. The van der Waals surface area contributed by atoms with Gasteiger partial charge in [-0.1, -0.05) is 30.7 Å². The molecule has 108 valence electrons. The Balaban J connectivity index is 2.15. The van der Waals surface area contributed by atoms with Crippen LogP contribution in [0.2, 0.25) is 0 Å². The number of benzene rings is 1. The summed E-state index contributed by atoms with van der Waals surface area (Å²) in [4.78, 5) is 23.1. The third-order valence-corrected chi connectivity index (χ3v) is 3.16. The maximum atomic E-state index is 11.8. The predicted octanol–water partition coefficient (Wildman–Crippen LogP) is 3.43. The van der Waals surface area contributed by atoms with Gasteiger partial charge in [0, 0.05) is 18.5 Å². The quantitative estimate of drug-likeness (QED) is 0.582. The molecule has 0 saturated carbocycles. The van der Waals surface area contributed by atoms with Gasteiger partial charge in [-0.25, -0.2) is 0 Å². The van der Waals surface area contributed by atoms with Gasteiger partial charge >= 0.3 is 0 Å². The van der Waals surface area contributed by atoms with Crippen molar-refractivity contribution in [3.8, 4) is 0 Å². The number of amides is 1. The molecule has 0 radical (unpaired) electrons. The van der Waals surface area contributed by atoms with Gasteiger partial charge in [-0.2, -0.15) is 0 Å². The Bertz CT molecular complexity index is 474. The van der Waals surface area contributed by atoms with Crippen LogP contribution in [0.5, 0.6) is 0 Å². The van der Waals surface area contributed by atoms with Crippen LogP contribution in [0, 0.1) is 6.92 Å². The van der Waals surface area contributed by atoms with Gasteiger partial charge in [-0.15, -0.1) is 0 Å². The van der Waals surface area contributed by atoms with Crippen LogP contribution in [0.25, 0.3) is 0 Å². The standard InChI is InChI=1S/C17H23NO2/c1-13(2)16(19)7-5-4-6-12-18-17(20)15-10-8-14(3)9-11-15/h8-11H,1,4-7,12H2,2-3H3,(H,18,20). The summed E-state index contributed by atoms with van der Waals surface area (Å²) in [5.41, 5.74) is 2.45. The Morgan fingerprint density at radius 2 is 1.75 bits per heavy atom. The molecule has 1 N–H and O–H groups in total. The van der Waals surface area contributed by atoms with Crippen molar-refractivity contribution < 1.29 is 9.59 Å². The summed E-state index contributed by atoms with van der Waals surface area (Å²) in [5, 5.41) is 2.89. The van der Waals surface area contributed by atoms with Crippen LogP contribution in [-0.4, -0.2) is 18.2 Å². The Labute approximate surface area is 121 Å². The minimum atomic E-state index is -0.0389. The molecule has 0 aliphatic rings. The van der Waals surface area contributed by atoms with Gasteiger partial charge < -0.3 is 5.32 Å². The van der Waals surface area contributed by atoms with Crippen molar-refractivity contribution in [1.82, 2.24) is 5.32 Å². The van der Waals surface area contributed by atoms with E-state index in [-0.39, 0.29) is 11.7 Å². The predicted molar refractivity (Wildman–Crippen MR) is 81.8 cm³/mol. The Morgan fingerprint density at radius 1 is 1.10 bits per heavy atom. The highest BCUT2D eigenvalue weighted by Gasteiger charge is 2.04. The average Bonchev–Trinajstić information content (AvgIpc) is 2.42. The van der Waals surface area contributed by atoms with Crippen LogP contribution in [0.4, 0.5) is 0 Å². The van der Waals surface area contributed by atoms with Crippen LogP contribution < -0.4 is 5.32 Å². The zero-order valence-electron chi connectivity index (χ0n) is 12.4. The number of unbranched alkanes of at least 4 members (excludes halogenated alkanes) is 2. The van der Waals surface area contributed by atoms with E-state index >= 15 is 0 Å². The van der Waals surface area contributed by atoms with Crippen LogP contribution >= 0.6 is 0 Å². The number of hydrogen-bond acceptors (Lipinski definition) is 2. The summed E-state index contributed by atoms with van der Waals surface area (Å²) >= 11 is 0. The maximum Gasteiger partial charge on any atom is 0.251 e. The van der Waals surface area contributed by atoms with Gasteiger partial charge in [0.2, 0.25) is 0 Å². The van der Waals surface area contributed by atoms with Crippen molar-refractivity contribution in [3.63, 3.8) is 0 Å². The number of carbonyl (C=O) groups excluding carboxylic acids is 2. The molecular weight excluding hydrogens is 250 g/mol. The molecule has 0 bridgehead atoms. The van der Waals surface area contributed by atoms with Gasteiger partial charge in [-0.3, -0.25) is 9.59 Å². The first-order chi connectivity index (χ1) is 9.50. The Morgan fingerprint density at radius 3 is 2.35 bits per heavy atom. The molecule has 0 fully saturated rings. The normalized spacial score (nSPS) is 10.1. The monoisotopic (exact) mass is 273 g/mol. The summed E-state index contributed by atoms with van der Waals surface area (Å²) < 4.78 is 0. The molecule has 0 aromatic heterocycles. The molecule has 1 amide bonds. The molecule has 1 aromatic rings. The lowest BCUT2D eigenvalue weighted by Crippen LogP contribution is -2.24. The van der Waals surface area contributed by atoms with Crippen LogP contribution in [0.3, 0.4) is 0 Å². The van der Waals surface area contributed by atoms with Crippen molar-refractivity contribution in [3.05, 3.63) is 47.5 Å². The van der Waals surface area contributed by atoms with E-state index in [1.165, 1.54) is 0 Å². The second kappa shape index (κ2) is 8.31. The van der Waals surface area contributed by atoms with Crippen LogP contribution in [0.1, 0.15) is 48.5 Å². The van der Waals surface area contributed by atoms with Gasteiger partial charge in [0.05, 0.1) is 0 Å². The third-order valence-electron chi connectivity index (χ3n) is 3.16. The van der Waals surface area contributed by atoms with Crippen LogP contribution in [0.15, 0.2) is 36.4 Å². The van der Waals surface area contributed by atoms with E-state index in [1.54, 1.807) is 6.92 Å². The van der Waals surface area contributed by atoms with Gasteiger partial charge in [0.1, 0.15) is 0 Å². The number of carbonyl (C=O) groups is 2. The molecule has 1 rings (SSSR count). The maximum absolute atomic E-state index is 11.8. The first-order valence-corrected chi connectivity index (χ1v) is 7.04. The SMILES string of the molecule is C=C(C)C(=O)CCCCCNC(=O)c1ccc(C)cc1. The minimum Gasteiger partial charge on any atom is -0.352 e. The molecule has 0 aliphatic heterocycles. The number of rotatable bonds is 8. The third kappa shape index (κ3) is 5.83. The number of allylic oxidation sites excluding steroid dienone is 1. The molecule has 0 atom stereocenters. The molecule has 1 aromatic carbocycles. The highest BCUT2D eigenvalue weighted by atomic mass is 16.1. The molecule has 0 unspecified atom stereocenters. The van der Waals surface area contributed by atoms with Crippen molar-refractivity contribution in [2.24, 2.45) is 0 Å². The van der Waals surface area contributed by atoms with Crippen molar-refractivity contribution in [2.45, 2.75) is 39.5 Å². The molecule has 20 heavy (non-hydrogen) atoms. The lowest BCUT2D eigenvalue weighted by atomic mass is 10.1. The summed E-state index contributed by atoms with van der Waals surface area (Å²) in [6, 6.07) is 7.52. The van der Waals surface area contributed by atoms with E-state index in [0.29, 0.717) is 24.1 Å². The molecule has 0 spiro atoms. The number of ketones is 1. The van der Waals surface area contributed by atoms with E-state index in [1.807, 2.05) is 31.2 Å². The van der Waals surface area contributed by atoms with E-state index in [0.717, 1.165) is 24.8 Å². The highest BCUT2D eigenvalue weighted by molar-refractivity contribution is 5.94. The number of aryl methyl sites for hydroxylation is 1. The second-order valence-electron chi connectivity index (χ2n) is 5.14. The van der Waals surface area contributed by atoms with Gasteiger partial charge in [-0.05, 0) is 44.4 Å². The van der Waals surface area contributed by atoms with E-state index in [9.17, 15) is 9.59 Å². The Kier molecular flexibility index (Phi) is 6.71. The fourth-order valence-corrected chi connectivity index (χ4v) is 1.81. The topological polar surface area (TPSA) is 46.2 Å². The van der Waals surface area contributed by atoms with Gasteiger partial charge in [0.25, 0.3) is 5.91 Å². The molecule has 3 nitrogen and oxygen atoms in total. The van der Waals surface area contributed by atoms with Crippen molar-refractivity contribution in [1.29, 1.82) is 0 Å². The first kappa shape index (κ1) is 16.2. The number of hydrogen-bond donors (Lipinski definition) is 1. The first-order valence-electron chi connectivity index (χ1n) is 7.04. The molecule has 0 aliphatic carbocycles. The molecule has 0 heterocycles. The van der Waals surface area contributed by atoms with Gasteiger partial charge in [0.15, 0.2) is 5.78 Å². The van der Waals surface area contributed by atoms with E-state index < -0.39 is 0 Å². The van der Waals surface area contributed by atoms with E-state index in [4.69, 9.17) is 0 Å². The lowest BCUT2D eigenvalue weighted by Gasteiger charge is -2.05. The number of Topliss-reactive ketones (excluding diaryl/α,β-unsaturated/α-hetero) is 1. The Hall–Kier alpha value is -1.90. The van der Waals surface area contributed by atoms with E-state index in [2.05, 4.69) is 11.9 Å². The lowest BCUT2D eigenvalue weighted by molar-refractivity contribution is -0.115. The second-order valence-corrected chi connectivity index (χ2v) is 5.14. The summed E-state index contributed by atoms with van der Waals surface area (Å²) in [7, 11) is 0. The zero-order chi connectivity index (χ0) is 15.0. The average molecular weight is 273 g/mol. The minimum absolute atomic E-state index is 0.0389. The summed E-state index contributed by atoms with van der Waals surface area (Å²) in [6.45, 7) is 8.01. The molecule has 0 saturated heterocycles. The summed E-state index contributed by atoms with van der Waals surface area (Å²) in [5.74, 6) is 0.0942. The molecule has 3 heteroatoms. The van der Waals surface area contributed by atoms with Crippen LogP contribution in [-0.2, 0) is 4.79 Å². The smallest absolute Gasteiger partial charge is 0.251 e. The fourth-order valence-electron chi connectivity index (χ4n) is 1.81. The van der Waals surface area contributed by atoms with Crippen molar-refractivity contribution in [2.75, 3.05) is 6.54 Å².